The van der Waals surface area contributed by atoms with Crippen LogP contribution in [0.25, 0.3) is 0 Å². The summed E-state index contributed by atoms with van der Waals surface area (Å²) in [6, 6.07) is 0. The summed E-state index contributed by atoms with van der Waals surface area (Å²) in [5, 5.41) is 3.60. The number of carbonyl (C=O) groups excluding carboxylic acids is 1. The van der Waals surface area contributed by atoms with E-state index in [1.54, 1.807) is 0 Å². The van der Waals surface area contributed by atoms with Gasteiger partial charge in [-0.2, -0.15) is 4.98 Å². The third kappa shape index (κ3) is 2.31. The Kier molecular flexibility index (Phi) is 3.42. The zero-order valence-electron chi connectivity index (χ0n) is 9.82. The normalized spacial score (nSPS) is 19.8. The quantitative estimate of drug-likeness (QED) is 0.754. The van der Waals surface area contributed by atoms with Gasteiger partial charge >= 0.3 is 0 Å². The topological polar surface area (TPSA) is 108 Å². The molecule has 0 radical (unpaired) electrons. The van der Waals surface area contributed by atoms with Gasteiger partial charge in [0.2, 0.25) is 5.89 Å². The number of rotatable bonds is 3. The van der Waals surface area contributed by atoms with E-state index in [1.807, 2.05) is 0 Å². The standard InChI is InChI=1S/C11H18N4O2/c12-7-11(5-3-1-2-4-6-11)10-14-9(8(13)16)15-17-10/h1-7,12H2,(H2,13,16). The molecule has 1 aromatic rings. The largest absolute Gasteiger partial charge is 0.363 e. The molecular formula is C11H18N4O2. The van der Waals surface area contributed by atoms with Crippen LogP contribution < -0.4 is 11.5 Å². The minimum atomic E-state index is -0.666. The molecule has 17 heavy (non-hydrogen) atoms. The molecule has 0 unspecified atom stereocenters. The summed E-state index contributed by atoms with van der Waals surface area (Å²) in [5.41, 5.74) is 10.7. The second-order valence-corrected chi connectivity index (χ2v) is 4.69. The van der Waals surface area contributed by atoms with Crippen molar-refractivity contribution in [2.75, 3.05) is 6.54 Å². The fourth-order valence-electron chi connectivity index (χ4n) is 2.45. The molecule has 0 atom stereocenters. The van der Waals surface area contributed by atoms with Gasteiger partial charge in [-0.1, -0.05) is 30.8 Å². The molecule has 1 aliphatic rings. The minimum Gasteiger partial charge on any atom is -0.363 e. The molecule has 2 rings (SSSR count). The summed E-state index contributed by atoms with van der Waals surface area (Å²) in [4.78, 5) is 15.0. The molecule has 0 aliphatic heterocycles. The van der Waals surface area contributed by atoms with Crippen molar-refractivity contribution in [3.63, 3.8) is 0 Å². The Morgan fingerprint density at radius 1 is 1.29 bits per heavy atom. The third-order valence-electron chi connectivity index (χ3n) is 3.55. The molecule has 4 N–H and O–H groups in total. The van der Waals surface area contributed by atoms with Gasteiger partial charge in [0.05, 0.1) is 5.41 Å². The molecule has 1 aromatic heterocycles. The summed E-state index contributed by atoms with van der Waals surface area (Å²) in [7, 11) is 0. The second-order valence-electron chi connectivity index (χ2n) is 4.69. The average Bonchev–Trinajstić information content (AvgIpc) is 2.70. The van der Waals surface area contributed by atoms with Crippen molar-refractivity contribution in [2.24, 2.45) is 11.5 Å². The first-order valence-corrected chi connectivity index (χ1v) is 6.02. The highest BCUT2D eigenvalue weighted by atomic mass is 16.5. The maximum Gasteiger partial charge on any atom is 0.290 e. The Hall–Kier alpha value is -1.43. The molecule has 1 amide bonds. The van der Waals surface area contributed by atoms with Gasteiger partial charge in [-0.15, -0.1) is 0 Å². The zero-order valence-corrected chi connectivity index (χ0v) is 9.82. The van der Waals surface area contributed by atoms with Gasteiger partial charge in [0.1, 0.15) is 0 Å². The molecule has 1 saturated carbocycles. The Balaban J connectivity index is 2.28. The van der Waals surface area contributed by atoms with E-state index in [0.717, 1.165) is 25.7 Å². The van der Waals surface area contributed by atoms with Crippen LogP contribution in [0.4, 0.5) is 0 Å². The van der Waals surface area contributed by atoms with E-state index >= 15 is 0 Å². The molecule has 0 aromatic carbocycles. The second kappa shape index (κ2) is 4.83. The van der Waals surface area contributed by atoms with Crippen molar-refractivity contribution in [3.05, 3.63) is 11.7 Å². The van der Waals surface area contributed by atoms with Crippen LogP contribution in [0.15, 0.2) is 4.52 Å². The van der Waals surface area contributed by atoms with E-state index in [4.69, 9.17) is 16.0 Å². The maximum absolute atomic E-state index is 11.0. The van der Waals surface area contributed by atoms with Crippen molar-refractivity contribution in [1.29, 1.82) is 0 Å². The molecule has 0 spiro atoms. The van der Waals surface area contributed by atoms with Crippen LogP contribution in [0.1, 0.15) is 55.0 Å². The van der Waals surface area contributed by atoms with Crippen LogP contribution in [-0.4, -0.2) is 22.6 Å². The molecule has 0 bridgehead atoms. The van der Waals surface area contributed by atoms with Gasteiger partial charge in [0.15, 0.2) is 0 Å². The molecule has 1 fully saturated rings. The number of hydrogen-bond donors (Lipinski definition) is 2. The zero-order chi connectivity index (χ0) is 12.3. The Bertz CT molecular complexity index is 394. The number of nitrogens with zero attached hydrogens (tertiary/aromatic N) is 2. The molecule has 1 heterocycles. The van der Waals surface area contributed by atoms with E-state index in [9.17, 15) is 4.79 Å². The highest BCUT2D eigenvalue weighted by Crippen LogP contribution is 2.36. The summed E-state index contributed by atoms with van der Waals surface area (Å²) in [6.45, 7) is 0.466. The van der Waals surface area contributed by atoms with E-state index in [0.29, 0.717) is 12.4 Å². The van der Waals surface area contributed by atoms with Crippen molar-refractivity contribution < 1.29 is 9.32 Å². The van der Waals surface area contributed by atoms with Gasteiger partial charge in [-0.3, -0.25) is 4.79 Å². The van der Waals surface area contributed by atoms with E-state index in [1.165, 1.54) is 12.8 Å². The van der Waals surface area contributed by atoms with Gasteiger partial charge in [-0.25, -0.2) is 0 Å². The predicted molar refractivity (Wildman–Crippen MR) is 61.3 cm³/mol. The van der Waals surface area contributed by atoms with Gasteiger partial charge < -0.3 is 16.0 Å². The summed E-state index contributed by atoms with van der Waals surface area (Å²) in [6.07, 6.45) is 6.49. The van der Waals surface area contributed by atoms with Crippen LogP contribution in [0, 0.1) is 0 Å². The van der Waals surface area contributed by atoms with Crippen LogP contribution in [0.5, 0.6) is 0 Å². The lowest BCUT2D eigenvalue weighted by Gasteiger charge is -2.26. The summed E-state index contributed by atoms with van der Waals surface area (Å²) >= 11 is 0. The van der Waals surface area contributed by atoms with Gasteiger partial charge in [0.25, 0.3) is 11.7 Å². The number of primary amides is 1. The monoisotopic (exact) mass is 238 g/mol. The lowest BCUT2D eigenvalue weighted by Crippen LogP contribution is -2.35. The van der Waals surface area contributed by atoms with Gasteiger partial charge in [-0.05, 0) is 12.8 Å². The van der Waals surface area contributed by atoms with Crippen LogP contribution >= 0.6 is 0 Å². The smallest absolute Gasteiger partial charge is 0.290 e. The summed E-state index contributed by atoms with van der Waals surface area (Å²) in [5.74, 6) is -0.256. The van der Waals surface area contributed by atoms with Crippen molar-refractivity contribution in [3.8, 4) is 0 Å². The average molecular weight is 238 g/mol. The molecule has 94 valence electrons. The Morgan fingerprint density at radius 3 is 2.41 bits per heavy atom. The fourth-order valence-corrected chi connectivity index (χ4v) is 2.45. The number of aromatic nitrogens is 2. The Morgan fingerprint density at radius 2 is 1.94 bits per heavy atom. The number of carbonyl (C=O) groups is 1. The predicted octanol–water partition coefficient (Wildman–Crippen LogP) is 0.719. The maximum atomic E-state index is 11.0. The lowest BCUT2D eigenvalue weighted by atomic mass is 9.80. The van der Waals surface area contributed by atoms with Crippen LogP contribution in [0.3, 0.4) is 0 Å². The van der Waals surface area contributed by atoms with E-state index in [-0.39, 0.29) is 11.2 Å². The number of nitrogens with two attached hydrogens (primary N) is 2. The first-order valence-electron chi connectivity index (χ1n) is 6.02. The van der Waals surface area contributed by atoms with Crippen LogP contribution in [0.2, 0.25) is 0 Å². The Labute approximate surface area is 99.7 Å². The van der Waals surface area contributed by atoms with Crippen molar-refractivity contribution in [2.45, 2.75) is 43.9 Å². The fraction of sp³-hybridized carbons (Fsp3) is 0.727. The molecule has 0 saturated heterocycles. The minimum absolute atomic E-state index is 0.0583. The van der Waals surface area contributed by atoms with Gasteiger partial charge in [0, 0.05) is 6.54 Å². The third-order valence-corrected chi connectivity index (χ3v) is 3.55. The van der Waals surface area contributed by atoms with Crippen LogP contribution in [-0.2, 0) is 5.41 Å². The first-order chi connectivity index (χ1) is 8.18. The van der Waals surface area contributed by atoms with E-state index < -0.39 is 5.91 Å². The van der Waals surface area contributed by atoms with Crippen molar-refractivity contribution >= 4 is 5.91 Å². The number of hydrogen-bond acceptors (Lipinski definition) is 5. The lowest BCUT2D eigenvalue weighted by molar-refractivity contribution is 0.0987. The highest BCUT2D eigenvalue weighted by Gasteiger charge is 2.37. The molecule has 1 aliphatic carbocycles. The van der Waals surface area contributed by atoms with Crippen molar-refractivity contribution in [1.82, 2.24) is 10.1 Å². The highest BCUT2D eigenvalue weighted by molar-refractivity contribution is 5.88. The SMILES string of the molecule is NCC1(c2nc(C(N)=O)no2)CCCCCC1. The first kappa shape index (κ1) is 12.0. The molecule has 6 heteroatoms. The summed E-state index contributed by atoms with van der Waals surface area (Å²) < 4.78 is 5.17. The number of amides is 1. The molecule has 6 nitrogen and oxygen atoms in total. The van der Waals surface area contributed by atoms with E-state index in [2.05, 4.69) is 10.1 Å². The molecular weight excluding hydrogens is 220 g/mol.